The standard InChI is InChI=1S/C14H16N2O5/c1-8-2-15-3-9-16(4-14(7-21-9)5-20-6-14)13(19)10(15)12(18)11(8)17/h2,9,18H,3-7H2,1H3/t9-/m0/s1. The maximum absolute atomic E-state index is 12.6. The van der Waals surface area contributed by atoms with Crippen LogP contribution in [0, 0.1) is 12.3 Å². The van der Waals surface area contributed by atoms with Gasteiger partial charge in [0.15, 0.2) is 17.7 Å². The smallest absolute Gasteiger partial charge is 0.276 e. The molecule has 1 aromatic heterocycles. The largest absolute Gasteiger partial charge is 0.503 e. The van der Waals surface area contributed by atoms with Gasteiger partial charge < -0.3 is 24.0 Å². The summed E-state index contributed by atoms with van der Waals surface area (Å²) in [5.74, 6) is -0.824. The number of hydrogen-bond donors (Lipinski definition) is 1. The van der Waals surface area contributed by atoms with Crippen molar-refractivity contribution in [2.24, 2.45) is 5.41 Å². The first-order valence-corrected chi connectivity index (χ1v) is 6.94. The Kier molecular flexibility index (Phi) is 2.50. The number of fused-ring (bicyclic) bond motifs is 2. The van der Waals surface area contributed by atoms with Crippen LogP contribution in [-0.4, -0.2) is 53.1 Å². The average Bonchev–Trinajstić information content (AvgIpc) is 2.43. The summed E-state index contributed by atoms with van der Waals surface area (Å²) in [6, 6.07) is 0. The van der Waals surface area contributed by atoms with Crippen molar-refractivity contribution in [3.05, 3.63) is 27.7 Å². The summed E-state index contributed by atoms with van der Waals surface area (Å²) >= 11 is 0. The average molecular weight is 292 g/mol. The number of aryl methyl sites for hydroxylation is 1. The summed E-state index contributed by atoms with van der Waals surface area (Å²) in [6.07, 6.45) is 1.25. The van der Waals surface area contributed by atoms with Crippen LogP contribution in [-0.2, 0) is 16.0 Å². The van der Waals surface area contributed by atoms with Crippen LogP contribution in [0.1, 0.15) is 16.1 Å². The quantitative estimate of drug-likeness (QED) is 0.709. The van der Waals surface area contributed by atoms with Crippen molar-refractivity contribution in [1.82, 2.24) is 9.47 Å². The first-order chi connectivity index (χ1) is 10.0. The summed E-state index contributed by atoms with van der Waals surface area (Å²) in [7, 11) is 0. The van der Waals surface area contributed by atoms with Gasteiger partial charge >= 0.3 is 0 Å². The lowest BCUT2D eigenvalue weighted by atomic mass is 9.84. The van der Waals surface area contributed by atoms with Gasteiger partial charge in [-0.05, 0) is 6.92 Å². The Labute approximate surface area is 120 Å². The minimum atomic E-state index is -0.493. The second kappa shape index (κ2) is 4.08. The number of amides is 1. The summed E-state index contributed by atoms with van der Waals surface area (Å²) in [6.45, 7) is 4.31. The SMILES string of the molecule is Cc1cn2c(c(O)c1=O)C(=O)N1CC3(COC3)CO[C@H]1C2. The molecule has 2 fully saturated rings. The third-order valence-corrected chi connectivity index (χ3v) is 4.50. The van der Waals surface area contributed by atoms with E-state index in [4.69, 9.17) is 9.47 Å². The Morgan fingerprint density at radius 2 is 2.10 bits per heavy atom. The molecule has 1 spiro atoms. The fourth-order valence-corrected chi connectivity index (χ4v) is 3.25. The molecule has 3 aliphatic heterocycles. The molecule has 0 aliphatic carbocycles. The van der Waals surface area contributed by atoms with Crippen molar-refractivity contribution < 1.29 is 19.4 Å². The summed E-state index contributed by atoms with van der Waals surface area (Å²) in [5.41, 5.74) is -0.151. The van der Waals surface area contributed by atoms with Gasteiger partial charge in [-0.15, -0.1) is 0 Å². The summed E-state index contributed by atoms with van der Waals surface area (Å²) in [5, 5.41) is 10.0. The Morgan fingerprint density at radius 3 is 2.76 bits per heavy atom. The van der Waals surface area contributed by atoms with Crippen LogP contribution in [0.3, 0.4) is 0 Å². The first-order valence-electron chi connectivity index (χ1n) is 6.94. The van der Waals surface area contributed by atoms with Crippen molar-refractivity contribution >= 4 is 5.91 Å². The molecule has 2 saturated heterocycles. The number of ether oxygens (including phenoxy) is 2. The maximum Gasteiger partial charge on any atom is 0.276 e. The van der Waals surface area contributed by atoms with Gasteiger partial charge in [-0.1, -0.05) is 0 Å². The van der Waals surface area contributed by atoms with Gasteiger partial charge in [-0.25, -0.2) is 0 Å². The molecule has 0 unspecified atom stereocenters. The predicted octanol–water partition coefficient (Wildman–Crippen LogP) is -0.309. The molecule has 3 aliphatic rings. The van der Waals surface area contributed by atoms with Crippen LogP contribution in [0.5, 0.6) is 5.75 Å². The van der Waals surface area contributed by atoms with E-state index in [-0.39, 0.29) is 23.2 Å². The molecule has 4 heterocycles. The normalized spacial score (nSPS) is 26.2. The Bertz CT molecular complexity index is 691. The molecule has 1 amide bonds. The molecule has 1 atom stereocenters. The highest BCUT2D eigenvalue weighted by atomic mass is 16.5. The van der Waals surface area contributed by atoms with E-state index < -0.39 is 11.2 Å². The highest BCUT2D eigenvalue weighted by Gasteiger charge is 2.49. The molecule has 7 nitrogen and oxygen atoms in total. The number of aromatic nitrogens is 1. The topological polar surface area (TPSA) is 81.0 Å². The molecule has 7 heteroatoms. The number of nitrogens with zero attached hydrogens (tertiary/aromatic N) is 2. The number of hydrogen-bond acceptors (Lipinski definition) is 5. The summed E-state index contributed by atoms with van der Waals surface area (Å²) < 4.78 is 12.7. The van der Waals surface area contributed by atoms with E-state index in [1.807, 2.05) is 0 Å². The summed E-state index contributed by atoms with van der Waals surface area (Å²) in [4.78, 5) is 26.1. The monoisotopic (exact) mass is 292 g/mol. The Hall–Kier alpha value is -1.86. The zero-order valence-corrected chi connectivity index (χ0v) is 11.7. The van der Waals surface area contributed by atoms with Crippen LogP contribution in [0.2, 0.25) is 0 Å². The van der Waals surface area contributed by atoms with E-state index in [1.165, 1.54) is 0 Å². The molecule has 4 rings (SSSR count). The van der Waals surface area contributed by atoms with Gasteiger partial charge in [-0.2, -0.15) is 0 Å². The molecule has 0 aromatic carbocycles. The van der Waals surface area contributed by atoms with Gasteiger partial charge in [0.25, 0.3) is 5.91 Å². The molecule has 1 N–H and O–H groups in total. The molecule has 0 radical (unpaired) electrons. The van der Waals surface area contributed by atoms with E-state index in [9.17, 15) is 14.7 Å². The van der Waals surface area contributed by atoms with E-state index in [1.54, 1.807) is 22.6 Å². The van der Waals surface area contributed by atoms with Crippen molar-refractivity contribution in [1.29, 1.82) is 0 Å². The van der Waals surface area contributed by atoms with Gasteiger partial charge in [-0.3, -0.25) is 9.59 Å². The fraction of sp³-hybridized carbons (Fsp3) is 0.571. The van der Waals surface area contributed by atoms with Gasteiger partial charge in [0.2, 0.25) is 5.43 Å². The lowest BCUT2D eigenvalue weighted by Crippen LogP contribution is -2.64. The van der Waals surface area contributed by atoms with E-state index >= 15 is 0 Å². The minimum Gasteiger partial charge on any atom is -0.503 e. The van der Waals surface area contributed by atoms with E-state index in [2.05, 4.69) is 0 Å². The van der Waals surface area contributed by atoms with Gasteiger partial charge in [0.05, 0.1) is 31.8 Å². The van der Waals surface area contributed by atoms with E-state index in [0.717, 1.165) is 0 Å². The lowest BCUT2D eigenvalue weighted by molar-refractivity contribution is -0.226. The molecule has 0 bridgehead atoms. The molecule has 0 saturated carbocycles. The number of pyridine rings is 1. The molecular weight excluding hydrogens is 276 g/mol. The van der Waals surface area contributed by atoms with Crippen molar-refractivity contribution in [2.75, 3.05) is 26.4 Å². The van der Waals surface area contributed by atoms with Gasteiger partial charge in [0.1, 0.15) is 0 Å². The predicted molar refractivity (Wildman–Crippen MR) is 71.1 cm³/mol. The van der Waals surface area contributed by atoms with Crippen molar-refractivity contribution in [3.63, 3.8) is 0 Å². The molecule has 1 aromatic rings. The van der Waals surface area contributed by atoms with Crippen LogP contribution >= 0.6 is 0 Å². The van der Waals surface area contributed by atoms with Crippen LogP contribution < -0.4 is 5.43 Å². The van der Waals surface area contributed by atoms with Crippen LogP contribution in [0.15, 0.2) is 11.0 Å². The molecular formula is C14H16N2O5. The van der Waals surface area contributed by atoms with E-state index in [0.29, 0.717) is 38.5 Å². The zero-order chi connectivity index (χ0) is 14.8. The third kappa shape index (κ3) is 1.67. The number of aromatic hydroxyl groups is 1. The highest BCUT2D eigenvalue weighted by molar-refractivity contribution is 5.96. The van der Waals surface area contributed by atoms with Crippen molar-refractivity contribution in [2.45, 2.75) is 19.7 Å². The number of carbonyl (C=O) groups excluding carboxylic acids is 1. The minimum absolute atomic E-state index is 0.0581. The number of carbonyl (C=O) groups is 1. The zero-order valence-electron chi connectivity index (χ0n) is 11.7. The highest BCUT2D eigenvalue weighted by Crippen LogP contribution is 2.37. The maximum atomic E-state index is 12.6. The second-order valence-electron chi connectivity index (χ2n) is 6.18. The van der Waals surface area contributed by atoms with Gasteiger partial charge in [0, 0.05) is 18.3 Å². The Morgan fingerprint density at radius 1 is 1.33 bits per heavy atom. The Balaban J connectivity index is 1.77. The third-order valence-electron chi connectivity index (χ3n) is 4.50. The number of rotatable bonds is 0. The lowest BCUT2D eigenvalue weighted by Gasteiger charge is -2.52. The molecule has 112 valence electrons. The van der Waals surface area contributed by atoms with Crippen LogP contribution in [0.4, 0.5) is 0 Å². The van der Waals surface area contributed by atoms with Crippen LogP contribution in [0.25, 0.3) is 0 Å². The second-order valence-corrected chi connectivity index (χ2v) is 6.18. The first kappa shape index (κ1) is 12.8. The van der Waals surface area contributed by atoms with Crippen molar-refractivity contribution in [3.8, 4) is 5.75 Å². The fourth-order valence-electron chi connectivity index (χ4n) is 3.25. The molecule has 21 heavy (non-hydrogen) atoms.